The Morgan fingerprint density at radius 3 is 2.73 bits per heavy atom. The van der Waals surface area contributed by atoms with Crippen LogP contribution in [0.2, 0.25) is 0 Å². The van der Waals surface area contributed by atoms with E-state index in [1.54, 1.807) is 13.1 Å². The molecule has 0 spiro atoms. The Bertz CT molecular complexity index is 338. The molecular formula is C12H16N2O. The summed E-state index contributed by atoms with van der Waals surface area (Å²) in [5.74, 6) is 3.44. The summed E-state index contributed by atoms with van der Waals surface area (Å²) in [6, 6.07) is 3.75. The Balaban J connectivity index is 2.83. The Kier molecular flexibility index (Phi) is 4.14. The van der Waals surface area contributed by atoms with Crippen LogP contribution in [0.1, 0.15) is 25.5 Å². The number of rotatable bonds is 4. The first-order valence-electron chi connectivity index (χ1n) is 5.01. The van der Waals surface area contributed by atoms with E-state index in [9.17, 15) is 5.11 Å². The van der Waals surface area contributed by atoms with Crippen LogP contribution < -0.4 is 4.90 Å². The lowest BCUT2D eigenvalue weighted by Gasteiger charge is -2.19. The second-order valence-electron chi connectivity index (χ2n) is 3.34. The number of aliphatic hydroxyl groups is 1. The summed E-state index contributed by atoms with van der Waals surface area (Å²) < 4.78 is 0. The van der Waals surface area contributed by atoms with Crippen molar-refractivity contribution in [3.8, 4) is 12.3 Å². The summed E-state index contributed by atoms with van der Waals surface area (Å²) >= 11 is 0. The van der Waals surface area contributed by atoms with Crippen LogP contribution in [-0.2, 0) is 0 Å². The maximum Gasteiger partial charge on any atom is 0.129 e. The smallest absolute Gasteiger partial charge is 0.129 e. The van der Waals surface area contributed by atoms with Crippen molar-refractivity contribution < 1.29 is 5.11 Å². The average Bonchev–Trinajstić information content (AvgIpc) is 2.26. The van der Waals surface area contributed by atoms with E-state index in [4.69, 9.17) is 6.42 Å². The number of aromatic nitrogens is 1. The molecule has 0 aliphatic carbocycles. The average molecular weight is 204 g/mol. The molecule has 0 fully saturated rings. The van der Waals surface area contributed by atoms with E-state index in [0.29, 0.717) is 6.54 Å². The fourth-order valence-corrected chi connectivity index (χ4v) is 1.30. The summed E-state index contributed by atoms with van der Waals surface area (Å²) in [6.07, 6.45) is 6.46. The molecule has 0 bridgehead atoms. The SMILES string of the molecule is C#CCN(CC)c1ccc(C(C)O)cn1. The summed E-state index contributed by atoms with van der Waals surface area (Å²) in [5, 5.41) is 9.33. The minimum atomic E-state index is -0.478. The van der Waals surface area contributed by atoms with E-state index in [1.807, 2.05) is 24.0 Å². The second-order valence-corrected chi connectivity index (χ2v) is 3.34. The van der Waals surface area contributed by atoms with Crippen LogP contribution in [0.3, 0.4) is 0 Å². The molecule has 0 amide bonds. The summed E-state index contributed by atoms with van der Waals surface area (Å²) in [5.41, 5.74) is 0.815. The lowest BCUT2D eigenvalue weighted by Crippen LogP contribution is -2.23. The normalized spacial score (nSPS) is 11.9. The van der Waals surface area contributed by atoms with Gasteiger partial charge in [-0.3, -0.25) is 0 Å². The maximum absolute atomic E-state index is 9.33. The van der Waals surface area contributed by atoms with Crippen molar-refractivity contribution in [2.45, 2.75) is 20.0 Å². The number of nitrogens with zero attached hydrogens (tertiary/aromatic N) is 2. The number of terminal acetylenes is 1. The Labute approximate surface area is 90.8 Å². The summed E-state index contributed by atoms with van der Waals surface area (Å²) in [4.78, 5) is 6.25. The predicted octanol–water partition coefficient (Wildman–Crippen LogP) is 1.59. The molecule has 0 aromatic carbocycles. The number of aliphatic hydroxyl groups excluding tert-OH is 1. The molecule has 1 atom stereocenters. The number of hydrogen-bond acceptors (Lipinski definition) is 3. The van der Waals surface area contributed by atoms with Gasteiger partial charge in [-0.05, 0) is 25.5 Å². The predicted molar refractivity (Wildman–Crippen MR) is 61.6 cm³/mol. The van der Waals surface area contributed by atoms with Gasteiger partial charge in [0.05, 0.1) is 12.6 Å². The van der Waals surface area contributed by atoms with Crippen molar-refractivity contribution in [3.63, 3.8) is 0 Å². The van der Waals surface area contributed by atoms with Gasteiger partial charge in [-0.15, -0.1) is 6.42 Å². The monoisotopic (exact) mass is 204 g/mol. The Hall–Kier alpha value is -1.53. The second kappa shape index (κ2) is 5.38. The third kappa shape index (κ3) is 2.97. The molecule has 1 N–H and O–H groups in total. The number of anilines is 1. The van der Waals surface area contributed by atoms with Gasteiger partial charge in [0.1, 0.15) is 5.82 Å². The maximum atomic E-state index is 9.33. The van der Waals surface area contributed by atoms with Crippen LogP contribution in [0, 0.1) is 12.3 Å². The van der Waals surface area contributed by atoms with Gasteiger partial charge in [0.25, 0.3) is 0 Å². The zero-order valence-electron chi connectivity index (χ0n) is 9.14. The molecule has 0 aliphatic rings. The molecule has 3 nitrogen and oxygen atoms in total. The molecular weight excluding hydrogens is 188 g/mol. The van der Waals surface area contributed by atoms with E-state index in [-0.39, 0.29) is 0 Å². The Morgan fingerprint density at radius 2 is 2.33 bits per heavy atom. The first-order chi connectivity index (χ1) is 7.19. The molecule has 1 unspecified atom stereocenters. The van der Waals surface area contributed by atoms with Gasteiger partial charge in [-0.1, -0.05) is 12.0 Å². The van der Waals surface area contributed by atoms with Gasteiger partial charge in [-0.25, -0.2) is 4.98 Å². The van der Waals surface area contributed by atoms with Crippen LogP contribution in [0.25, 0.3) is 0 Å². The van der Waals surface area contributed by atoms with E-state index in [2.05, 4.69) is 10.9 Å². The van der Waals surface area contributed by atoms with Crippen molar-refractivity contribution in [2.24, 2.45) is 0 Å². The van der Waals surface area contributed by atoms with Crippen molar-refractivity contribution >= 4 is 5.82 Å². The van der Waals surface area contributed by atoms with E-state index in [0.717, 1.165) is 17.9 Å². The van der Waals surface area contributed by atoms with Gasteiger partial charge in [-0.2, -0.15) is 0 Å². The minimum Gasteiger partial charge on any atom is -0.389 e. The molecule has 1 heterocycles. The standard InChI is InChI=1S/C12H16N2O/c1-4-8-14(5-2)12-7-6-11(9-13-12)10(3)15/h1,6-7,9-10,15H,5,8H2,2-3H3. The highest BCUT2D eigenvalue weighted by Gasteiger charge is 2.05. The highest BCUT2D eigenvalue weighted by atomic mass is 16.3. The van der Waals surface area contributed by atoms with Crippen molar-refractivity contribution in [3.05, 3.63) is 23.9 Å². The Morgan fingerprint density at radius 1 is 1.60 bits per heavy atom. The molecule has 0 saturated carbocycles. The van der Waals surface area contributed by atoms with Gasteiger partial charge in [0, 0.05) is 12.7 Å². The van der Waals surface area contributed by atoms with Gasteiger partial charge >= 0.3 is 0 Å². The van der Waals surface area contributed by atoms with Crippen molar-refractivity contribution in [1.82, 2.24) is 4.98 Å². The van der Waals surface area contributed by atoms with Crippen LogP contribution in [0.15, 0.2) is 18.3 Å². The van der Waals surface area contributed by atoms with E-state index >= 15 is 0 Å². The lowest BCUT2D eigenvalue weighted by atomic mass is 10.2. The lowest BCUT2D eigenvalue weighted by molar-refractivity contribution is 0.199. The minimum absolute atomic E-state index is 0.478. The number of pyridine rings is 1. The van der Waals surface area contributed by atoms with Crippen LogP contribution in [0.5, 0.6) is 0 Å². The summed E-state index contributed by atoms with van der Waals surface area (Å²) in [7, 11) is 0. The topological polar surface area (TPSA) is 36.4 Å². The van der Waals surface area contributed by atoms with Gasteiger partial charge in [0.2, 0.25) is 0 Å². The van der Waals surface area contributed by atoms with E-state index in [1.165, 1.54) is 0 Å². The molecule has 1 aromatic heterocycles. The summed E-state index contributed by atoms with van der Waals surface area (Å²) in [6.45, 7) is 5.13. The van der Waals surface area contributed by atoms with Crippen LogP contribution >= 0.6 is 0 Å². The largest absolute Gasteiger partial charge is 0.389 e. The molecule has 15 heavy (non-hydrogen) atoms. The molecule has 80 valence electrons. The number of hydrogen-bond donors (Lipinski definition) is 1. The molecule has 1 aromatic rings. The third-order valence-corrected chi connectivity index (χ3v) is 2.24. The fourth-order valence-electron chi connectivity index (χ4n) is 1.30. The fraction of sp³-hybridized carbons (Fsp3) is 0.417. The molecule has 0 saturated heterocycles. The quantitative estimate of drug-likeness (QED) is 0.757. The van der Waals surface area contributed by atoms with Crippen molar-refractivity contribution in [1.29, 1.82) is 0 Å². The first kappa shape index (κ1) is 11.5. The molecule has 0 radical (unpaired) electrons. The molecule has 1 rings (SSSR count). The van der Waals surface area contributed by atoms with E-state index < -0.39 is 6.10 Å². The van der Waals surface area contributed by atoms with Gasteiger partial charge < -0.3 is 10.0 Å². The first-order valence-corrected chi connectivity index (χ1v) is 5.01. The molecule has 0 aliphatic heterocycles. The zero-order chi connectivity index (χ0) is 11.3. The highest BCUT2D eigenvalue weighted by Crippen LogP contribution is 2.15. The molecule has 3 heteroatoms. The van der Waals surface area contributed by atoms with Crippen LogP contribution in [0.4, 0.5) is 5.82 Å². The van der Waals surface area contributed by atoms with Crippen molar-refractivity contribution in [2.75, 3.05) is 18.0 Å². The zero-order valence-corrected chi connectivity index (χ0v) is 9.14. The highest BCUT2D eigenvalue weighted by molar-refractivity contribution is 5.40. The van der Waals surface area contributed by atoms with Crippen LogP contribution in [-0.4, -0.2) is 23.2 Å². The van der Waals surface area contributed by atoms with Gasteiger partial charge in [0.15, 0.2) is 0 Å². The third-order valence-electron chi connectivity index (χ3n) is 2.24.